The third-order valence-corrected chi connectivity index (χ3v) is 3.23. The molecule has 0 radical (unpaired) electrons. The molecule has 19 heavy (non-hydrogen) atoms. The molecule has 0 atom stereocenters. The first-order valence-electron chi connectivity index (χ1n) is 5.17. The molecule has 0 spiro atoms. The van der Waals surface area contributed by atoms with Crippen LogP contribution in [0.5, 0.6) is 5.75 Å². The van der Waals surface area contributed by atoms with Crippen molar-refractivity contribution in [3.05, 3.63) is 51.9 Å². The maximum atomic E-state index is 13.6. The lowest BCUT2D eigenvalue weighted by molar-refractivity contribution is -0.274. The second-order valence-corrected chi connectivity index (χ2v) is 4.83. The van der Waals surface area contributed by atoms with Gasteiger partial charge in [-0.05, 0) is 52.4 Å². The molecule has 0 N–H and O–H groups in total. The van der Waals surface area contributed by atoms with E-state index in [1.165, 1.54) is 18.2 Å². The average Bonchev–Trinajstić information content (AvgIpc) is 2.28. The summed E-state index contributed by atoms with van der Waals surface area (Å²) in [4.78, 5) is 0. The molecule has 0 amide bonds. The van der Waals surface area contributed by atoms with Gasteiger partial charge >= 0.3 is 6.36 Å². The highest BCUT2D eigenvalue weighted by atomic mass is 127. The third kappa shape index (κ3) is 3.59. The van der Waals surface area contributed by atoms with Gasteiger partial charge in [0.2, 0.25) is 0 Å². The molecule has 0 bridgehead atoms. The van der Waals surface area contributed by atoms with Gasteiger partial charge in [-0.15, -0.1) is 13.2 Å². The van der Waals surface area contributed by atoms with Crippen molar-refractivity contribution in [1.29, 1.82) is 0 Å². The second kappa shape index (κ2) is 5.36. The molecule has 1 nitrogen and oxygen atoms in total. The summed E-state index contributed by atoms with van der Waals surface area (Å²) in [5.41, 5.74) is 0.860. The Morgan fingerprint density at radius 1 is 0.947 bits per heavy atom. The first kappa shape index (κ1) is 14.1. The van der Waals surface area contributed by atoms with Crippen LogP contribution in [-0.2, 0) is 0 Å². The monoisotopic (exact) mass is 382 g/mol. The van der Waals surface area contributed by atoms with Gasteiger partial charge in [0.15, 0.2) is 0 Å². The topological polar surface area (TPSA) is 9.23 Å². The highest BCUT2D eigenvalue weighted by molar-refractivity contribution is 14.1. The summed E-state index contributed by atoms with van der Waals surface area (Å²) in [6.45, 7) is 0. The Morgan fingerprint density at radius 2 is 1.63 bits per heavy atom. The van der Waals surface area contributed by atoms with Gasteiger partial charge in [0.25, 0.3) is 0 Å². The number of benzene rings is 2. The summed E-state index contributed by atoms with van der Waals surface area (Å²) < 4.78 is 54.1. The van der Waals surface area contributed by atoms with E-state index >= 15 is 0 Å². The molecule has 0 saturated carbocycles. The van der Waals surface area contributed by atoms with Crippen LogP contribution in [0.3, 0.4) is 0 Å². The summed E-state index contributed by atoms with van der Waals surface area (Å²) in [5, 5.41) is 0. The van der Waals surface area contributed by atoms with Gasteiger partial charge in [-0.3, -0.25) is 0 Å². The largest absolute Gasteiger partial charge is 0.573 e. The Kier molecular flexibility index (Phi) is 3.98. The maximum absolute atomic E-state index is 13.6. The van der Waals surface area contributed by atoms with E-state index in [0.717, 1.165) is 6.07 Å². The molecular weight excluding hydrogens is 375 g/mol. The van der Waals surface area contributed by atoms with Crippen molar-refractivity contribution >= 4 is 22.6 Å². The Hall–Kier alpha value is -1.31. The van der Waals surface area contributed by atoms with Crippen LogP contribution in [0.2, 0.25) is 0 Å². The van der Waals surface area contributed by atoms with Gasteiger partial charge in [-0.2, -0.15) is 0 Å². The van der Waals surface area contributed by atoms with E-state index in [-0.39, 0.29) is 5.75 Å². The molecule has 0 saturated heterocycles. The lowest BCUT2D eigenvalue weighted by Gasteiger charge is -2.11. The number of hydrogen-bond acceptors (Lipinski definition) is 1. The summed E-state index contributed by atoms with van der Waals surface area (Å²) in [5.74, 6) is -0.748. The van der Waals surface area contributed by atoms with Crippen LogP contribution in [0.4, 0.5) is 17.6 Å². The zero-order valence-corrected chi connectivity index (χ0v) is 11.5. The third-order valence-electron chi connectivity index (χ3n) is 2.34. The number of rotatable bonds is 2. The van der Waals surface area contributed by atoms with E-state index in [0.29, 0.717) is 14.7 Å². The SMILES string of the molecule is Fc1ccccc1-c1ccc(OC(F)(F)F)cc1I. The standard InChI is InChI=1S/C13H7F4IO/c14-11-4-2-1-3-9(11)10-6-5-8(7-12(10)18)19-13(15,16)17/h1-7H. The van der Waals surface area contributed by atoms with Crippen molar-refractivity contribution in [2.45, 2.75) is 6.36 Å². The lowest BCUT2D eigenvalue weighted by atomic mass is 10.1. The Balaban J connectivity index is 2.38. The van der Waals surface area contributed by atoms with Crippen LogP contribution in [-0.4, -0.2) is 6.36 Å². The first-order chi connectivity index (χ1) is 8.87. The molecule has 0 aliphatic rings. The Bertz CT molecular complexity index is 595. The molecule has 0 fully saturated rings. The summed E-state index contributed by atoms with van der Waals surface area (Å²) in [6.07, 6.45) is -4.73. The second-order valence-electron chi connectivity index (χ2n) is 3.67. The Morgan fingerprint density at radius 3 is 2.21 bits per heavy atom. The maximum Gasteiger partial charge on any atom is 0.573 e. The summed E-state index contributed by atoms with van der Waals surface area (Å²) in [6, 6.07) is 9.86. The fraction of sp³-hybridized carbons (Fsp3) is 0.0769. The van der Waals surface area contributed by atoms with Crippen LogP contribution in [0.25, 0.3) is 11.1 Å². The minimum atomic E-state index is -4.73. The van der Waals surface area contributed by atoms with E-state index in [1.807, 2.05) is 22.6 Å². The number of alkyl halides is 3. The quantitative estimate of drug-likeness (QED) is 0.525. The van der Waals surface area contributed by atoms with Crippen LogP contribution in [0.15, 0.2) is 42.5 Å². The molecule has 0 aromatic heterocycles. The zero-order valence-electron chi connectivity index (χ0n) is 9.34. The number of hydrogen-bond donors (Lipinski definition) is 0. The number of halogens is 5. The van der Waals surface area contributed by atoms with E-state index in [2.05, 4.69) is 4.74 Å². The van der Waals surface area contributed by atoms with Crippen LogP contribution >= 0.6 is 22.6 Å². The van der Waals surface area contributed by atoms with Gasteiger partial charge in [-0.1, -0.05) is 18.2 Å². The van der Waals surface area contributed by atoms with E-state index < -0.39 is 12.2 Å². The predicted molar refractivity (Wildman–Crippen MR) is 71.2 cm³/mol. The van der Waals surface area contributed by atoms with E-state index in [4.69, 9.17) is 0 Å². The predicted octanol–water partition coefficient (Wildman–Crippen LogP) is 5.00. The van der Waals surface area contributed by atoms with Crippen molar-refractivity contribution in [3.8, 4) is 16.9 Å². The smallest absolute Gasteiger partial charge is 0.406 e. The molecule has 6 heteroatoms. The molecule has 0 heterocycles. The minimum Gasteiger partial charge on any atom is -0.406 e. The molecule has 2 rings (SSSR count). The van der Waals surface area contributed by atoms with Crippen LogP contribution < -0.4 is 4.74 Å². The molecule has 2 aromatic carbocycles. The molecular formula is C13H7F4IO. The zero-order chi connectivity index (χ0) is 14.0. The molecule has 2 aromatic rings. The average molecular weight is 382 g/mol. The Labute approximate surface area is 120 Å². The highest BCUT2D eigenvalue weighted by Gasteiger charge is 2.31. The normalized spacial score (nSPS) is 11.4. The van der Waals surface area contributed by atoms with Gasteiger partial charge in [0, 0.05) is 9.13 Å². The molecule has 0 aliphatic carbocycles. The van der Waals surface area contributed by atoms with Crippen molar-refractivity contribution in [3.63, 3.8) is 0 Å². The fourth-order valence-electron chi connectivity index (χ4n) is 1.59. The van der Waals surface area contributed by atoms with Gasteiger partial charge in [-0.25, -0.2) is 4.39 Å². The molecule has 100 valence electrons. The van der Waals surface area contributed by atoms with Crippen molar-refractivity contribution in [2.24, 2.45) is 0 Å². The van der Waals surface area contributed by atoms with Crippen LogP contribution in [0, 0.1) is 9.39 Å². The number of ether oxygens (including phenoxy) is 1. The lowest BCUT2D eigenvalue weighted by Crippen LogP contribution is -2.17. The molecule has 0 aliphatic heterocycles. The first-order valence-corrected chi connectivity index (χ1v) is 6.25. The van der Waals surface area contributed by atoms with E-state index in [1.54, 1.807) is 18.2 Å². The summed E-state index contributed by atoms with van der Waals surface area (Å²) in [7, 11) is 0. The van der Waals surface area contributed by atoms with Gasteiger partial charge in [0.1, 0.15) is 11.6 Å². The van der Waals surface area contributed by atoms with Crippen molar-refractivity contribution < 1.29 is 22.3 Å². The molecule has 0 unspecified atom stereocenters. The van der Waals surface area contributed by atoms with Crippen molar-refractivity contribution in [2.75, 3.05) is 0 Å². The fourth-order valence-corrected chi connectivity index (χ4v) is 2.37. The minimum absolute atomic E-state index is 0.322. The summed E-state index contributed by atoms with van der Waals surface area (Å²) >= 11 is 1.84. The van der Waals surface area contributed by atoms with Crippen molar-refractivity contribution in [1.82, 2.24) is 0 Å². The van der Waals surface area contributed by atoms with Gasteiger partial charge in [0.05, 0.1) is 0 Å². The van der Waals surface area contributed by atoms with Gasteiger partial charge < -0.3 is 4.74 Å². The van der Waals surface area contributed by atoms with Crippen LogP contribution in [0.1, 0.15) is 0 Å². The highest BCUT2D eigenvalue weighted by Crippen LogP contribution is 2.32. The van der Waals surface area contributed by atoms with E-state index in [9.17, 15) is 17.6 Å².